The fourth-order valence-corrected chi connectivity index (χ4v) is 4.27. The molecule has 0 aliphatic heterocycles. The van der Waals surface area contributed by atoms with Crippen LogP contribution >= 0.6 is 0 Å². The van der Waals surface area contributed by atoms with Gasteiger partial charge in [0.05, 0.1) is 0 Å². The van der Waals surface area contributed by atoms with Crippen LogP contribution in [0, 0.1) is 0 Å². The molecule has 1 aliphatic carbocycles. The molecule has 0 heterocycles. The first kappa shape index (κ1) is 16.1. The van der Waals surface area contributed by atoms with Gasteiger partial charge in [-0.15, -0.1) is 0 Å². The summed E-state index contributed by atoms with van der Waals surface area (Å²) in [7, 11) is -3.64. The molecule has 0 unspecified atom stereocenters. The van der Waals surface area contributed by atoms with Crippen molar-refractivity contribution in [3.63, 3.8) is 0 Å². The fourth-order valence-electron chi connectivity index (χ4n) is 3.21. The Kier molecular flexibility index (Phi) is 5.01. The van der Waals surface area contributed by atoms with Gasteiger partial charge < -0.3 is 4.18 Å². The molecule has 23 heavy (non-hydrogen) atoms. The van der Waals surface area contributed by atoms with Crippen LogP contribution in [0.1, 0.15) is 49.1 Å². The molecule has 0 bridgehead atoms. The largest absolute Gasteiger partial charge is 0.382 e. The molecule has 0 radical (unpaired) electrons. The predicted molar refractivity (Wildman–Crippen MR) is 92.0 cm³/mol. The molecule has 0 atom stereocenters. The van der Waals surface area contributed by atoms with Crippen LogP contribution in [0.15, 0.2) is 54.6 Å². The molecule has 0 saturated heterocycles. The molecular weight excluding hydrogens is 308 g/mol. The molecule has 1 aliphatic rings. The van der Waals surface area contributed by atoms with Crippen LogP contribution in [0.4, 0.5) is 0 Å². The highest BCUT2D eigenvalue weighted by atomic mass is 32.2. The van der Waals surface area contributed by atoms with Crippen LogP contribution in [-0.4, -0.2) is 8.42 Å². The Morgan fingerprint density at radius 3 is 2.39 bits per heavy atom. The molecule has 0 spiro atoms. The first-order valence-electron chi connectivity index (χ1n) is 8.18. The summed E-state index contributed by atoms with van der Waals surface area (Å²) >= 11 is 0. The van der Waals surface area contributed by atoms with E-state index < -0.39 is 10.1 Å². The average Bonchev–Trinajstić information content (AvgIpc) is 2.56. The zero-order chi connectivity index (χ0) is 16.1. The van der Waals surface area contributed by atoms with Crippen LogP contribution in [0.5, 0.6) is 5.75 Å². The molecule has 0 aromatic heterocycles. The van der Waals surface area contributed by atoms with Crippen molar-refractivity contribution >= 4 is 10.1 Å². The molecule has 1 fully saturated rings. The Morgan fingerprint density at radius 2 is 1.65 bits per heavy atom. The summed E-state index contributed by atoms with van der Waals surface area (Å²) in [4.78, 5) is 0. The van der Waals surface area contributed by atoms with E-state index in [2.05, 4.69) is 6.07 Å². The van der Waals surface area contributed by atoms with Crippen molar-refractivity contribution in [2.24, 2.45) is 0 Å². The van der Waals surface area contributed by atoms with Crippen LogP contribution in [0.2, 0.25) is 0 Å². The Bertz CT molecular complexity index is 732. The monoisotopic (exact) mass is 330 g/mol. The van der Waals surface area contributed by atoms with Crippen molar-refractivity contribution in [2.75, 3.05) is 0 Å². The van der Waals surface area contributed by atoms with Gasteiger partial charge in [-0.05, 0) is 42.0 Å². The smallest absolute Gasteiger partial charge is 0.313 e. The Hall–Kier alpha value is -1.81. The lowest BCUT2D eigenvalue weighted by Crippen LogP contribution is -2.12. The molecule has 4 heteroatoms. The van der Waals surface area contributed by atoms with Gasteiger partial charge in [0.1, 0.15) is 11.5 Å². The van der Waals surface area contributed by atoms with Crippen molar-refractivity contribution in [2.45, 2.75) is 43.8 Å². The van der Waals surface area contributed by atoms with E-state index in [1.807, 2.05) is 30.3 Å². The third kappa shape index (κ3) is 4.58. The number of rotatable bonds is 5. The summed E-state index contributed by atoms with van der Waals surface area (Å²) in [5.74, 6) is 0.842. The van der Waals surface area contributed by atoms with Crippen molar-refractivity contribution in [1.29, 1.82) is 0 Å². The van der Waals surface area contributed by atoms with Gasteiger partial charge in [0.25, 0.3) is 0 Å². The first-order chi connectivity index (χ1) is 11.1. The lowest BCUT2D eigenvalue weighted by molar-refractivity contribution is 0.441. The van der Waals surface area contributed by atoms with E-state index in [0.717, 1.165) is 5.56 Å². The molecule has 2 aromatic carbocycles. The van der Waals surface area contributed by atoms with Gasteiger partial charge in [0.15, 0.2) is 0 Å². The molecule has 3 nitrogen and oxygen atoms in total. The zero-order valence-electron chi connectivity index (χ0n) is 13.1. The van der Waals surface area contributed by atoms with Crippen LogP contribution in [0.3, 0.4) is 0 Å². The average molecular weight is 330 g/mol. The van der Waals surface area contributed by atoms with Crippen LogP contribution in [0.25, 0.3) is 0 Å². The molecular formula is C19H22O3S. The van der Waals surface area contributed by atoms with Gasteiger partial charge in [-0.25, -0.2) is 0 Å². The van der Waals surface area contributed by atoms with E-state index >= 15 is 0 Å². The maximum atomic E-state index is 12.2. The quantitative estimate of drug-likeness (QED) is 0.750. The second kappa shape index (κ2) is 7.18. The summed E-state index contributed by atoms with van der Waals surface area (Å²) in [6.07, 6.45) is 6.17. The minimum Gasteiger partial charge on any atom is -0.382 e. The van der Waals surface area contributed by atoms with Crippen molar-refractivity contribution in [1.82, 2.24) is 0 Å². The highest BCUT2D eigenvalue weighted by Gasteiger charge is 2.18. The second-order valence-corrected chi connectivity index (χ2v) is 7.75. The van der Waals surface area contributed by atoms with E-state index in [1.54, 1.807) is 18.2 Å². The predicted octanol–water partition coefficient (Wildman–Crippen LogP) is 4.64. The lowest BCUT2D eigenvalue weighted by atomic mass is 9.84. The Morgan fingerprint density at radius 1 is 0.913 bits per heavy atom. The van der Waals surface area contributed by atoms with Crippen molar-refractivity contribution < 1.29 is 12.6 Å². The standard InChI is InChI=1S/C19H22O3S/c20-23(21,15-16-8-3-1-4-9-16)22-19-13-7-12-18(14-19)17-10-5-2-6-11-17/h1,3-4,7-9,12-14,17H,2,5-6,10-11,15H2. The van der Waals surface area contributed by atoms with Gasteiger partial charge in [-0.3, -0.25) is 0 Å². The second-order valence-electron chi connectivity index (χ2n) is 6.18. The maximum absolute atomic E-state index is 12.2. The highest BCUT2D eigenvalue weighted by molar-refractivity contribution is 7.86. The topological polar surface area (TPSA) is 43.4 Å². The molecule has 0 amide bonds. The van der Waals surface area contributed by atoms with Crippen LogP contribution in [-0.2, 0) is 15.9 Å². The molecule has 1 saturated carbocycles. The number of hydrogen-bond donors (Lipinski definition) is 0. The van der Waals surface area contributed by atoms with Gasteiger partial charge >= 0.3 is 10.1 Å². The third-order valence-electron chi connectivity index (χ3n) is 4.34. The zero-order valence-corrected chi connectivity index (χ0v) is 14.0. The number of hydrogen-bond acceptors (Lipinski definition) is 3. The minimum absolute atomic E-state index is 0.110. The van der Waals surface area contributed by atoms with Crippen molar-refractivity contribution in [3.05, 3.63) is 65.7 Å². The van der Waals surface area contributed by atoms with Gasteiger partial charge in [-0.1, -0.05) is 61.7 Å². The lowest BCUT2D eigenvalue weighted by Gasteiger charge is -2.22. The summed E-state index contributed by atoms with van der Waals surface area (Å²) in [6.45, 7) is 0. The Labute approximate surface area is 138 Å². The van der Waals surface area contributed by atoms with E-state index in [4.69, 9.17) is 4.18 Å². The van der Waals surface area contributed by atoms with Gasteiger partial charge in [0, 0.05) is 0 Å². The fraction of sp³-hybridized carbons (Fsp3) is 0.368. The maximum Gasteiger partial charge on any atom is 0.313 e. The van der Waals surface area contributed by atoms with E-state index in [9.17, 15) is 8.42 Å². The molecule has 122 valence electrons. The minimum atomic E-state index is -3.64. The third-order valence-corrected chi connectivity index (χ3v) is 5.48. The van der Waals surface area contributed by atoms with E-state index in [1.165, 1.54) is 37.7 Å². The summed E-state index contributed by atoms with van der Waals surface area (Å²) < 4.78 is 29.8. The van der Waals surface area contributed by atoms with Gasteiger partial charge in [0.2, 0.25) is 0 Å². The van der Waals surface area contributed by atoms with Gasteiger partial charge in [-0.2, -0.15) is 8.42 Å². The molecule has 3 rings (SSSR count). The van der Waals surface area contributed by atoms with E-state index in [0.29, 0.717) is 11.7 Å². The van der Waals surface area contributed by atoms with Crippen LogP contribution < -0.4 is 4.18 Å². The summed E-state index contributed by atoms with van der Waals surface area (Å²) in [5.41, 5.74) is 1.92. The highest BCUT2D eigenvalue weighted by Crippen LogP contribution is 2.34. The SMILES string of the molecule is O=S(=O)(Cc1ccccc1)Oc1cccc(C2CCCCC2)c1. The van der Waals surface area contributed by atoms with Crippen molar-refractivity contribution in [3.8, 4) is 5.75 Å². The molecule has 2 aromatic rings. The molecule has 0 N–H and O–H groups in total. The first-order valence-corrected chi connectivity index (χ1v) is 9.76. The Balaban J connectivity index is 1.72. The normalized spacial score (nSPS) is 16.2. The summed E-state index contributed by atoms with van der Waals surface area (Å²) in [6, 6.07) is 16.7. The summed E-state index contributed by atoms with van der Waals surface area (Å²) in [5, 5.41) is 0. The number of benzene rings is 2. The van der Waals surface area contributed by atoms with E-state index in [-0.39, 0.29) is 5.75 Å².